The van der Waals surface area contributed by atoms with Gasteiger partial charge in [0.1, 0.15) is 0 Å². The number of aliphatic carboxylic acids is 1. The molecule has 8 nitrogen and oxygen atoms in total. The van der Waals surface area contributed by atoms with Gasteiger partial charge < -0.3 is 9.84 Å². The summed E-state index contributed by atoms with van der Waals surface area (Å²) in [4.78, 5) is 21.4. The third-order valence-corrected chi connectivity index (χ3v) is 2.75. The van der Waals surface area contributed by atoms with E-state index >= 15 is 0 Å². The topological polar surface area (TPSA) is 122 Å². The molecule has 0 atom stereocenters. The molecule has 3 N–H and O–H groups in total. The number of nitrogens with one attached hydrogen (secondary N) is 2. The summed E-state index contributed by atoms with van der Waals surface area (Å²) in [6, 6.07) is 0. The third kappa shape index (κ3) is 7.53. The van der Waals surface area contributed by atoms with Crippen LogP contribution in [0.4, 0.5) is 4.79 Å². The summed E-state index contributed by atoms with van der Waals surface area (Å²) >= 11 is 0. The number of ether oxygens (including phenoxy) is 1. The highest BCUT2D eigenvalue weighted by atomic mass is 32.2. The molecule has 0 bridgehead atoms. The van der Waals surface area contributed by atoms with Gasteiger partial charge in [0.05, 0.1) is 13.0 Å². The Balaban J connectivity index is 4.54. The summed E-state index contributed by atoms with van der Waals surface area (Å²) in [7, 11) is -4.14. The molecule has 0 aliphatic heterocycles. The molecule has 0 saturated carbocycles. The molecule has 100 valence electrons. The van der Waals surface area contributed by atoms with E-state index in [2.05, 4.69) is 4.74 Å². The molecule has 0 saturated heterocycles. The maximum absolute atomic E-state index is 11.4. The molecular weight excluding hydrogens is 252 g/mol. The molecule has 17 heavy (non-hydrogen) atoms. The van der Waals surface area contributed by atoms with Crippen molar-refractivity contribution in [3.05, 3.63) is 0 Å². The quantitative estimate of drug-likeness (QED) is 0.614. The van der Waals surface area contributed by atoms with Crippen molar-refractivity contribution < 1.29 is 27.9 Å². The minimum atomic E-state index is -4.14. The Bertz CT molecular complexity index is 389. The fourth-order valence-corrected chi connectivity index (χ4v) is 2.20. The number of amides is 1. The van der Waals surface area contributed by atoms with Crippen molar-refractivity contribution in [1.29, 1.82) is 0 Å². The lowest BCUT2D eigenvalue weighted by Gasteiger charge is -2.23. The van der Waals surface area contributed by atoms with Crippen molar-refractivity contribution in [3.8, 4) is 0 Å². The van der Waals surface area contributed by atoms with Gasteiger partial charge in [0.15, 0.2) is 0 Å². The fraction of sp³-hybridized carbons (Fsp3) is 0.750. The Morgan fingerprint density at radius 1 is 1.35 bits per heavy atom. The van der Waals surface area contributed by atoms with Gasteiger partial charge in [0.2, 0.25) is 0 Å². The predicted octanol–water partition coefficient (Wildman–Crippen LogP) is -0.180. The number of carbonyl (C=O) groups is 2. The van der Waals surface area contributed by atoms with E-state index < -0.39 is 34.2 Å². The normalized spacial score (nSPS) is 11.9. The third-order valence-electron chi connectivity index (χ3n) is 1.50. The summed E-state index contributed by atoms with van der Waals surface area (Å²) in [6.45, 7) is 4.31. The Kier molecular flexibility index (Phi) is 5.36. The van der Waals surface area contributed by atoms with Gasteiger partial charge >= 0.3 is 22.3 Å². The van der Waals surface area contributed by atoms with Crippen molar-refractivity contribution in [2.45, 2.75) is 32.7 Å². The van der Waals surface area contributed by atoms with E-state index in [0.29, 0.717) is 0 Å². The highest BCUT2D eigenvalue weighted by Gasteiger charge is 2.28. The van der Waals surface area contributed by atoms with Gasteiger partial charge in [-0.05, 0) is 20.8 Å². The molecule has 1 amide bonds. The first-order valence-corrected chi connectivity index (χ1v) is 6.26. The van der Waals surface area contributed by atoms with Crippen LogP contribution in [0.25, 0.3) is 0 Å². The van der Waals surface area contributed by atoms with Crippen LogP contribution >= 0.6 is 0 Å². The first kappa shape index (κ1) is 15.7. The number of hydrogen-bond acceptors (Lipinski definition) is 5. The molecule has 0 rings (SSSR count). The SMILES string of the molecule is CCOC(=O)NS(=O)(=O)NC(C)(C)CC(=O)O. The van der Waals surface area contributed by atoms with Crippen molar-refractivity contribution in [2.24, 2.45) is 0 Å². The highest BCUT2D eigenvalue weighted by Crippen LogP contribution is 2.09. The van der Waals surface area contributed by atoms with Crippen LogP contribution in [-0.4, -0.2) is 37.7 Å². The summed E-state index contributed by atoms with van der Waals surface area (Å²) in [5.41, 5.74) is -1.22. The van der Waals surface area contributed by atoms with Crippen LogP contribution in [0.5, 0.6) is 0 Å². The van der Waals surface area contributed by atoms with E-state index in [1.54, 1.807) is 4.72 Å². The Hall–Kier alpha value is -1.35. The molecule has 0 aromatic rings. The number of carboxylic acid groups (broad SMARTS) is 1. The van der Waals surface area contributed by atoms with Crippen molar-refractivity contribution in [1.82, 2.24) is 9.44 Å². The molecule has 0 fully saturated rings. The van der Waals surface area contributed by atoms with E-state index in [-0.39, 0.29) is 6.61 Å². The van der Waals surface area contributed by atoms with Gasteiger partial charge in [-0.15, -0.1) is 0 Å². The minimum absolute atomic E-state index is 0.0277. The van der Waals surface area contributed by atoms with Gasteiger partial charge in [0, 0.05) is 5.54 Å². The second kappa shape index (κ2) is 5.82. The van der Waals surface area contributed by atoms with Gasteiger partial charge in [-0.2, -0.15) is 13.1 Å². The van der Waals surface area contributed by atoms with Crippen LogP contribution < -0.4 is 9.44 Å². The molecule has 0 spiro atoms. The summed E-state index contributed by atoms with van der Waals surface area (Å²) in [5, 5.41) is 8.57. The van der Waals surface area contributed by atoms with Crippen molar-refractivity contribution in [3.63, 3.8) is 0 Å². The van der Waals surface area contributed by atoms with Crippen molar-refractivity contribution in [2.75, 3.05) is 6.61 Å². The highest BCUT2D eigenvalue weighted by molar-refractivity contribution is 7.88. The first-order valence-electron chi connectivity index (χ1n) is 4.78. The molecule has 0 aromatic heterocycles. The largest absolute Gasteiger partial charge is 0.481 e. The van der Waals surface area contributed by atoms with Gasteiger partial charge in [0.25, 0.3) is 0 Å². The fourth-order valence-electron chi connectivity index (χ4n) is 1.07. The molecule has 0 heterocycles. The molecule has 0 aromatic carbocycles. The molecule has 0 aliphatic carbocycles. The molecule has 0 unspecified atom stereocenters. The van der Waals surface area contributed by atoms with Crippen LogP contribution in [0.2, 0.25) is 0 Å². The van der Waals surface area contributed by atoms with E-state index in [1.807, 2.05) is 4.72 Å². The average molecular weight is 268 g/mol. The summed E-state index contributed by atoms with van der Waals surface area (Å²) in [5.74, 6) is -1.16. The van der Waals surface area contributed by atoms with E-state index in [1.165, 1.54) is 20.8 Å². The summed E-state index contributed by atoms with van der Waals surface area (Å²) in [6.07, 6.45) is -1.54. The smallest absolute Gasteiger partial charge is 0.421 e. The zero-order valence-corrected chi connectivity index (χ0v) is 10.6. The van der Waals surface area contributed by atoms with Gasteiger partial charge in [-0.3, -0.25) is 4.79 Å². The average Bonchev–Trinajstić information content (AvgIpc) is 1.96. The number of carboxylic acids is 1. The monoisotopic (exact) mass is 268 g/mol. The standard InChI is InChI=1S/C8H16N2O6S/c1-4-16-7(13)9-17(14,15)10-8(2,3)5-6(11)12/h10H,4-5H2,1-3H3,(H,9,13)(H,11,12). The van der Waals surface area contributed by atoms with Crippen LogP contribution in [-0.2, 0) is 19.7 Å². The minimum Gasteiger partial charge on any atom is -0.481 e. The van der Waals surface area contributed by atoms with Crippen molar-refractivity contribution >= 4 is 22.3 Å². The Labute approximate surface area is 99.5 Å². The molecular formula is C8H16N2O6S. The lowest BCUT2D eigenvalue weighted by atomic mass is 10.0. The number of carbonyl (C=O) groups excluding carboxylic acids is 1. The Morgan fingerprint density at radius 2 is 1.88 bits per heavy atom. The van der Waals surface area contributed by atoms with Crippen LogP contribution in [0.3, 0.4) is 0 Å². The zero-order chi connectivity index (χ0) is 13.7. The predicted molar refractivity (Wildman–Crippen MR) is 58.5 cm³/mol. The Morgan fingerprint density at radius 3 is 2.29 bits per heavy atom. The lowest BCUT2D eigenvalue weighted by Crippen LogP contribution is -2.51. The van der Waals surface area contributed by atoms with Crippen LogP contribution in [0.15, 0.2) is 0 Å². The second-order valence-electron chi connectivity index (χ2n) is 3.88. The second-order valence-corrected chi connectivity index (χ2v) is 5.30. The van der Waals surface area contributed by atoms with Crippen LogP contribution in [0.1, 0.15) is 27.2 Å². The van der Waals surface area contributed by atoms with Crippen LogP contribution in [0, 0.1) is 0 Å². The summed E-state index contributed by atoms with van der Waals surface area (Å²) < 4.78 is 30.8. The molecule has 9 heteroatoms. The van der Waals surface area contributed by atoms with Gasteiger partial charge in [-0.1, -0.05) is 0 Å². The number of rotatable bonds is 6. The van der Waals surface area contributed by atoms with E-state index in [9.17, 15) is 18.0 Å². The maximum atomic E-state index is 11.4. The van der Waals surface area contributed by atoms with E-state index in [4.69, 9.17) is 5.11 Å². The zero-order valence-electron chi connectivity index (χ0n) is 9.81. The molecule has 0 radical (unpaired) electrons. The van der Waals surface area contributed by atoms with Gasteiger partial charge in [-0.25, -0.2) is 9.52 Å². The lowest BCUT2D eigenvalue weighted by molar-refractivity contribution is -0.138. The number of hydrogen-bond donors (Lipinski definition) is 3. The maximum Gasteiger partial charge on any atom is 0.421 e. The van der Waals surface area contributed by atoms with E-state index in [0.717, 1.165) is 0 Å². The molecule has 0 aliphatic rings. The first-order chi connectivity index (χ1) is 7.58.